The van der Waals surface area contributed by atoms with E-state index in [1.165, 1.54) is 16.4 Å². The average Bonchev–Trinajstić information content (AvgIpc) is 3.15. The number of sulfonamides is 1. The van der Waals surface area contributed by atoms with Gasteiger partial charge in [0, 0.05) is 24.7 Å². The average molecular weight is 425 g/mol. The third-order valence-corrected chi connectivity index (χ3v) is 7.06. The molecule has 0 radical (unpaired) electrons. The van der Waals surface area contributed by atoms with Crippen molar-refractivity contribution in [1.82, 2.24) is 14.1 Å². The van der Waals surface area contributed by atoms with Gasteiger partial charge in [-0.3, -0.25) is 4.79 Å². The van der Waals surface area contributed by atoms with Gasteiger partial charge in [-0.15, -0.1) is 0 Å². The fourth-order valence-corrected chi connectivity index (χ4v) is 5.09. The number of hydrogen-bond acceptors (Lipinski definition) is 4. The van der Waals surface area contributed by atoms with Crippen LogP contribution in [-0.4, -0.2) is 41.5 Å². The first-order chi connectivity index (χ1) is 14.4. The Labute approximate surface area is 176 Å². The third kappa shape index (κ3) is 4.15. The number of para-hydroxylation sites is 1. The number of benzene rings is 2. The number of carbonyl (C=O) groups is 1. The zero-order chi connectivity index (χ0) is 21.1. The Hall–Kier alpha value is -2.97. The largest absolute Gasteiger partial charge is 0.306 e. The van der Waals surface area contributed by atoms with Crippen LogP contribution in [0.2, 0.25) is 0 Å². The van der Waals surface area contributed by atoms with E-state index < -0.39 is 10.0 Å². The van der Waals surface area contributed by atoms with Crippen LogP contribution in [0.3, 0.4) is 0 Å². The van der Waals surface area contributed by atoms with Crippen molar-refractivity contribution >= 4 is 21.7 Å². The van der Waals surface area contributed by atoms with Crippen molar-refractivity contribution in [1.29, 1.82) is 0 Å². The normalized spacial score (nSPS) is 15.1. The van der Waals surface area contributed by atoms with Gasteiger partial charge in [0.05, 0.1) is 16.3 Å². The number of nitrogens with zero attached hydrogens (tertiary/aromatic N) is 3. The van der Waals surface area contributed by atoms with Crippen molar-refractivity contribution in [2.75, 3.05) is 18.4 Å². The number of nitrogens with one attached hydrogen (secondary N) is 1. The number of rotatable bonds is 5. The fourth-order valence-electron chi connectivity index (χ4n) is 3.58. The zero-order valence-electron chi connectivity index (χ0n) is 16.8. The molecule has 0 bridgehead atoms. The summed E-state index contributed by atoms with van der Waals surface area (Å²) in [4.78, 5) is 13.0. The van der Waals surface area contributed by atoms with Crippen LogP contribution < -0.4 is 5.32 Å². The predicted octanol–water partition coefficient (Wildman–Crippen LogP) is 3.61. The zero-order valence-corrected chi connectivity index (χ0v) is 17.6. The van der Waals surface area contributed by atoms with E-state index in [9.17, 15) is 13.2 Å². The van der Waals surface area contributed by atoms with E-state index in [1.54, 1.807) is 22.9 Å². The lowest BCUT2D eigenvalue weighted by molar-refractivity contribution is 0.102. The van der Waals surface area contributed by atoms with Gasteiger partial charge >= 0.3 is 0 Å². The summed E-state index contributed by atoms with van der Waals surface area (Å²) in [6, 6.07) is 17.4. The minimum absolute atomic E-state index is 0.214. The van der Waals surface area contributed by atoms with Crippen LogP contribution in [-0.2, 0) is 10.0 Å². The van der Waals surface area contributed by atoms with Crippen LogP contribution in [0.4, 0.5) is 5.82 Å². The van der Waals surface area contributed by atoms with E-state index in [1.807, 2.05) is 37.3 Å². The smallest absolute Gasteiger partial charge is 0.256 e. The van der Waals surface area contributed by atoms with E-state index in [0.29, 0.717) is 24.5 Å². The molecule has 1 aliphatic rings. The molecular weight excluding hydrogens is 400 g/mol. The van der Waals surface area contributed by atoms with Crippen LogP contribution in [0.25, 0.3) is 5.69 Å². The Morgan fingerprint density at radius 1 is 0.967 bits per heavy atom. The number of hydrogen-bond donors (Lipinski definition) is 1. The van der Waals surface area contributed by atoms with Crippen molar-refractivity contribution in [3.05, 3.63) is 71.9 Å². The Kier molecular flexibility index (Phi) is 5.69. The van der Waals surface area contributed by atoms with Crippen LogP contribution in [0.1, 0.15) is 35.3 Å². The highest BCUT2D eigenvalue weighted by atomic mass is 32.2. The maximum atomic E-state index is 12.8. The monoisotopic (exact) mass is 424 g/mol. The van der Waals surface area contributed by atoms with Crippen LogP contribution in [0.15, 0.2) is 65.6 Å². The first-order valence-electron chi connectivity index (χ1n) is 9.99. The van der Waals surface area contributed by atoms with Crippen LogP contribution in [0, 0.1) is 6.92 Å². The quantitative estimate of drug-likeness (QED) is 0.678. The summed E-state index contributed by atoms with van der Waals surface area (Å²) in [7, 11) is -3.52. The minimum atomic E-state index is -3.52. The second-order valence-corrected chi connectivity index (χ2v) is 9.30. The van der Waals surface area contributed by atoms with Crippen LogP contribution in [0.5, 0.6) is 0 Å². The summed E-state index contributed by atoms with van der Waals surface area (Å²) in [5, 5.41) is 7.31. The molecule has 2 heterocycles. The first-order valence-corrected chi connectivity index (χ1v) is 11.4. The van der Waals surface area contributed by atoms with Gasteiger partial charge in [0.1, 0.15) is 5.82 Å². The maximum absolute atomic E-state index is 12.8. The van der Waals surface area contributed by atoms with E-state index in [-0.39, 0.29) is 10.8 Å². The van der Waals surface area contributed by atoms with E-state index in [4.69, 9.17) is 0 Å². The molecule has 1 N–H and O–H groups in total. The van der Waals surface area contributed by atoms with Crippen molar-refractivity contribution in [3.8, 4) is 5.69 Å². The van der Waals surface area contributed by atoms with Crippen molar-refractivity contribution in [2.45, 2.75) is 31.1 Å². The summed E-state index contributed by atoms with van der Waals surface area (Å²) in [5.74, 6) is 0.225. The molecule has 0 saturated carbocycles. The molecule has 30 heavy (non-hydrogen) atoms. The Morgan fingerprint density at radius 3 is 2.30 bits per heavy atom. The lowest BCUT2D eigenvalue weighted by atomic mass is 10.2. The summed E-state index contributed by atoms with van der Waals surface area (Å²) in [5.41, 5.74) is 1.99. The standard InChI is InChI=1S/C22H24N4O3S/c1-17-16-21(26(24-17)19-8-4-2-5-9-19)23-22(27)18-10-12-20(13-11-18)30(28,29)25-14-6-3-7-15-25/h2,4-5,8-13,16H,3,6-7,14-15H2,1H3,(H,23,27). The minimum Gasteiger partial charge on any atom is -0.306 e. The van der Waals surface area contributed by atoms with Crippen LogP contribution >= 0.6 is 0 Å². The molecule has 3 aromatic rings. The molecule has 1 fully saturated rings. The molecule has 1 saturated heterocycles. The van der Waals surface area contributed by atoms with Gasteiger partial charge in [0.15, 0.2) is 0 Å². The van der Waals surface area contributed by atoms with Gasteiger partial charge in [-0.05, 0) is 56.2 Å². The van der Waals surface area contributed by atoms with E-state index in [2.05, 4.69) is 10.4 Å². The summed E-state index contributed by atoms with van der Waals surface area (Å²) in [6.07, 6.45) is 2.83. The van der Waals surface area contributed by atoms with Gasteiger partial charge in [-0.25, -0.2) is 13.1 Å². The molecule has 0 atom stereocenters. The Morgan fingerprint density at radius 2 is 1.63 bits per heavy atom. The van der Waals surface area contributed by atoms with Gasteiger partial charge in [-0.1, -0.05) is 24.6 Å². The lowest BCUT2D eigenvalue weighted by Crippen LogP contribution is -2.35. The number of aromatic nitrogens is 2. The number of piperidine rings is 1. The lowest BCUT2D eigenvalue weighted by Gasteiger charge is -2.25. The number of carbonyl (C=O) groups excluding carboxylic acids is 1. The molecule has 8 heteroatoms. The molecule has 1 aromatic heterocycles. The van der Waals surface area contributed by atoms with Crippen molar-refractivity contribution in [2.24, 2.45) is 0 Å². The molecule has 2 aromatic carbocycles. The van der Waals surface area contributed by atoms with Crippen molar-refractivity contribution in [3.63, 3.8) is 0 Å². The second-order valence-electron chi connectivity index (χ2n) is 7.36. The molecule has 0 spiro atoms. The highest BCUT2D eigenvalue weighted by Gasteiger charge is 2.26. The van der Waals surface area contributed by atoms with E-state index >= 15 is 0 Å². The van der Waals surface area contributed by atoms with E-state index in [0.717, 1.165) is 30.6 Å². The van der Waals surface area contributed by atoms with Gasteiger partial charge in [0.2, 0.25) is 10.0 Å². The van der Waals surface area contributed by atoms with Gasteiger partial charge in [-0.2, -0.15) is 9.40 Å². The molecule has 0 aliphatic carbocycles. The Balaban J connectivity index is 1.53. The number of anilines is 1. The Bertz CT molecular complexity index is 1130. The summed E-state index contributed by atoms with van der Waals surface area (Å²) >= 11 is 0. The molecule has 156 valence electrons. The fraction of sp³-hybridized carbons (Fsp3) is 0.273. The predicted molar refractivity (Wildman–Crippen MR) is 115 cm³/mol. The summed E-state index contributed by atoms with van der Waals surface area (Å²) < 4.78 is 28.7. The second kappa shape index (κ2) is 8.41. The van der Waals surface area contributed by atoms with Gasteiger partial charge < -0.3 is 5.32 Å². The highest BCUT2D eigenvalue weighted by molar-refractivity contribution is 7.89. The first kappa shape index (κ1) is 20.3. The molecule has 1 amide bonds. The maximum Gasteiger partial charge on any atom is 0.256 e. The molecular formula is C22H24N4O3S. The molecule has 1 aliphatic heterocycles. The molecule has 0 unspecified atom stereocenters. The SMILES string of the molecule is Cc1cc(NC(=O)c2ccc(S(=O)(=O)N3CCCCC3)cc2)n(-c2ccccc2)n1. The summed E-state index contributed by atoms with van der Waals surface area (Å²) in [6.45, 7) is 2.95. The third-order valence-electron chi connectivity index (χ3n) is 5.14. The number of amides is 1. The molecule has 7 nitrogen and oxygen atoms in total. The highest BCUT2D eigenvalue weighted by Crippen LogP contribution is 2.22. The number of aryl methyl sites for hydroxylation is 1. The molecule has 4 rings (SSSR count). The van der Waals surface area contributed by atoms with Gasteiger partial charge in [0.25, 0.3) is 5.91 Å². The van der Waals surface area contributed by atoms with Crippen molar-refractivity contribution < 1.29 is 13.2 Å². The topological polar surface area (TPSA) is 84.3 Å².